The van der Waals surface area contributed by atoms with Gasteiger partial charge in [0.1, 0.15) is 0 Å². The van der Waals surface area contributed by atoms with E-state index in [0.29, 0.717) is 0 Å². The highest BCUT2D eigenvalue weighted by Crippen LogP contribution is 2.34. The molecule has 0 radical (unpaired) electrons. The topological polar surface area (TPSA) is 29.1 Å². The first-order valence-electron chi connectivity index (χ1n) is 7.75. The van der Waals surface area contributed by atoms with Crippen molar-refractivity contribution in [2.24, 2.45) is 0 Å². The van der Waals surface area contributed by atoms with E-state index in [0.717, 1.165) is 37.1 Å². The van der Waals surface area contributed by atoms with Gasteiger partial charge in [-0.1, -0.05) is 24.3 Å². The third kappa shape index (κ3) is 2.85. The molecule has 0 bridgehead atoms. The van der Waals surface area contributed by atoms with E-state index in [2.05, 4.69) is 30.4 Å². The van der Waals surface area contributed by atoms with Gasteiger partial charge >= 0.3 is 0 Å². The minimum absolute atomic E-state index is 0.0277. The summed E-state index contributed by atoms with van der Waals surface area (Å²) in [6.07, 6.45) is 3.16. The number of benzene rings is 2. The van der Waals surface area contributed by atoms with Crippen LogP contribution >= 0.6 is 0 Å². The highest BCUT2D eigenvalue weighted by Gasteiger charge is 2.26. The molecule has 1 N–H and O–H groups in total. The van der Waals surface area contributed by atoms with Gasteiger partial charge in [0, 0.05) is 23.7 Å². The number of Topliss-reactive ketones (excluding diaryl/α,β-unsaturated/α-hetero) is 1. The van der Waals surface area contributed by atoms with Crippen molar-refractivity contribution in [2.45, 2.75) is 32.1 Å². The van der Waals surface area contributed by atoms with Crippen LogP contribution < -0.4 is 5.32 Å². The first-order valence-corrected chi connectivity index (χ1v) is 7.75. The summed E-state index contributed by atoms with van der Waals surface area (Å²) in [5, 5.41) is 3.26. The first-order chi connectivity index (χ1) is 10.3. The molecule has 0 amide bonds. The summed E-state index contributed by atoms with van der Waals surface area (Å²) in [6.45, 7) is 2.96. The molecule has 2 aromatic carbocycles. The fourth-order valence-electron chi connectivity index (χ4n) is 3.18. The number of carbonyl (C=O) groups excluding carboxylic acids is 1. The molecule has 108 valence electrons. The molecule has 0 saturated heterocycles. The van der Waals surface area contributed by atoms with Crippen LogP contribution in [0.4, 0.5) is 5.69 Å². The largest absolute Gasteiger partial charge is 0.385 e. The minimum atomic E-state index is 0.0277. The Morgan fingerprint density at radius 1 is 1.14 bits per heavy atom. The normalized spacial score (nSPS) is 17.1. The Labute approximate surface area is 126 Å². The molecule has 0 spiro atoms. The lowest BCUT2D eigenvalue weighted by molar-refractivity contribution is 0.0951. The molecular formula is C19H21NO. The fourth-order valence-corrected chi connectivity index (χ4v) is 3.18. The molecule has 3 rings (SSSR count). The van der Waals surface area contributed by atoms with Crippen molar-refractivity contribution in [1.82, 2.24) is 0 Å². The molecule has 2 heteroatoms. The molecule has 0 fully saturated rings. The van der Waals surface area contributed by atoms with Crippen molar-refractivity contribution in [3.63, 3.8) is 0 Å². The standard InChI is InChI=1S/C19H21NO/c1-2-20-16-12-10-15(11-13-16)19(21)18-9-5-7-14-6-3-4-8-17(14)18/h3-4,6,8,10-13,18,20H,2,5,7,9H2,1H3. The number of hydrogen-bond donors (Lipinski definition) is 1. The maximum atomic E-state index is 12.8. The van der Waals surface area contributed by atoms with E-state index < -0.39 is 0 Å². The molecule has 1 aliphatic carbocycles. The van der Waals surface area contributed by atoms with E-state index in [1.54, 1.807) is 0 Å². The summed E-state index contributed by atoms with van der Waals surface area (Å²) in [4.78, 5) is 12.8. The molecule has 2 nitrogen and oxygen atoms in total. The molecule has 0 saturated carbocycles. The second-order valence-electron chi connectivity index (χ2n) is 5.62. The Bertz CT molecular complexity index is 630. The van der Waals surface area contributed by atoms with E-state index in [1.165, 1.54) is 11.1 Å². The minimum Gasteiger partial charge on any atom is -0.385 e. The van der Waals surface area contributed by atoms with Crippen LogP contribution in [0.5, 0.6) is 0 Å². The van der Waals surface area contributed by atoms with Gasteiger partial charge in [-0.15, -0.1) is 0 Å². The van der Waals surface area contributed by atoms with Crippen LogP contribution in [0, 0.1) is 0 Å². The first kappa shape index (κ1) is 13.9. The predicted molar refractivity (Wildman–Crippen MR) is 87.1 cm³/mol. The third-order valence-electron chi connectivity index (χ3n) is 4.24. The molecule has 1 unspecified atom stereocenters. The third-order valence-corrected chi connectivity index (χ3v) is 4.24. The van der Waals surface area contributed by atoms with Gasteiger partial charge in [-0.25, -0.2) is 0 Å². The van der Waals surface area contributed by atoms with Crippen LogP contribution in [0.2, 0.25) is 0 Å². The van der Waals surface area contributed by atoms with Crippen molar-refractivity contribution >= 4 is 11.5 Å². The fraction of sp³-hybridized carbons (Fsp3) is 0.316. The maximum Gasteiger partial charge on any atom is 0.170 e. The lowest BCUT2D eigenvalue weighted by Crippen LogP contribution is -2.18. The average Bonchev–Trinajstić information content (AvgIpc) is 2.55. The molecule has 1 atom stereocenters. The van der Waals surface area contributed by atoms with E-state index in [1.807, 2.05) is 30.3 Å². The van der Waals surface area contributed by atoms with Crippen molar-refractivity contribution in [3.8, 4) is 0 Å². The number of carbonyl (C=O) groups is 1. The number of fused-ring (bicyclic) bond motifs is 1. The molecule has 0 heterocycles. The van der Waals surface area contributed by atoms with Crippen LogP contribution in [-0.2, 0) is 6.42 Å². The van der Waals surface area contributed by atoms with Crippen LogP contribution in [0.3, 0.4) is 0 Å². The SMILES string of the molecule is CCNc1ccc(C(=O)C2CCCc3ccccc32)cc1. The Balaban J connectivity index is 1.86. The lowest BCUT2D eigenvalue weighted by Gasteiger charge is -2.24. The summed E-state index contributed by atoms with van der Waals surface area (Å²) in [6, 6.07) is 16.2. The Morgan fingerprint density at radius 3 is 2.67 bits per heavy atom. The molecule has 2 aromatic rings. The number of anilines is 1. The molecular weight excluding hydrogens is 258 g/mol. The second kappa shape index (κ2) is 6.13. The summed E-state index contributed by atoms with van der Waals surface area (Å²) in [5.41, 5.74) is 4.45. The van der Waals surface area contributed by atoms with Gasteiger partial charge < -0.3 is 5.32 Å². The highest BCUT2D eigenvalue weighted by atomic mass is 16.1. The van der Waals surface area contributed by atoms with Crippen molar-refractivity contribution < 1.29 is 4.79 Å². The Hall–Kier alpha value is -2.09. The second-order valence-corrected chi connectivity index (χ2v) is 5.62. The van der Waals surface area contributed by atoms with Gasteiger partial charge in [0.2, 0.25) is 0 Å². The number of rotatable bonds is 4. The molecule has 0 aromatic heterocycles. The monoisotopic (exact) mass is 279 g/mol. The number of ketones is 1. The summed E-state index contributed by atoms with van der Waals surface area (Å²) in [7, 11) is 0. The van der Waals surface area contributed by atoms with E-state index in [4.69, 9.17) is 0 Å². The number of aryl methyl sites for hydroxylation is 1. The van der Waals surface area contributed by atoms with Gasteiger partial charge in [-0.05, 0) is 61.6 Å². The Morgan fingerprint density at radius 2 is 1.90 bits per heavy atom. The zero-order valence-corrected chi connectivity index (χ0v) is 12.4. The summed E-state index contributed by atoms with van der Waals surface area (Å²) in [5.74, 6) is 0.283. The van der Waals surface area contributed by atoms with Gasteiger partial charge in [0.05, 0.1) is 0 Å². The van der Waals surface area contributed by atoms with Crippen molar-refractivity contribution in [1.29, 1.82) is 0 Å². The summed E-state index contributed by atoms with van der Waals surface area (Å²) >= 11 is 0. The quantitative estimate of drug-likeness (QED) is 0.839. The molecule has 1 aliphatic rings. The van der Waals surface area contributed by atoms with E-state index in [-0.39, 0.29) is 11.7 Å². The van der Waals surface area contributed by atoms with Gasteiger partial charge in [-0.2, -0.15) is 0 Å². The smallest absolute Gasteiger partial charge is 0.170 e. The predicted octanol–water partition coefficient (Wildman–Crippen LogP) is 4.42. The van der Waals surface area contributed by atoms with Gasteiger partial charge in [0.25, 0.3) is 0 Å². The van der Waals surface area contributed by atoms with Gasteiger partial charge in [-0.3, -0.25) is 4.79 Å². The molecule has 21 heavy (non-hydrogen) atoms. The summed E-state index contributed by atoms with van der Waals surface area (Å²) < 4.78 is 0. The van der Waals surface area contributed by atoms with Crippen LogP contribution in [-0.4, -0.2) is 12.3 Å². The number of nitrogens with one attached hydrogen (secondary N) is 1. The van der Waals surface area contributed by atoms with E-state index in [9.17, 15) is 4.79 Å². The lowest BCUT2D eigenvalue weighted by atomic mass is 9.79. The zero-order valence-electron chi connectivity index (χ0n) is 12.4. The van der Waals surface area contributed by atoms with Crippen molar-refractivity contribution in [3.05, 3.63) is 65.2 Å². The highest BCUT2D eigenvalue weighted by molar-refractivity contribution is 6.01. The molecule has 0 aliphatic heterocycles. The van der Waals surface area contributed by atoms with Crippen LogP contribution in [0.15, 0.2) is 48.5 Å². The van der Waals surface area contributed by atoms with Crippen LogP contribution in [0.1, 0.15) is 47.2 Å². The average molecular weight is 279 g/mol. The maximum absolute atomic E-state index is 12.8. The number of hydrogen-bond acceptors (Lipinski definition) is 2. The van der Waals surface area contributed by atoms with E-state index >= 15 is 0 Å². The Kier molecular flexibility index (Phi) is 4.05. The van der Waals surface area contributed by atoms with Crippen LogP contribution in [0.25, 0.3) is 0 Å². The van der Waals surface area contributed by atoms with Gasteiger partial charge in [0.15, 0.2) is 5.78 Å². The van der Waals surface area contributed by atoms with Crippen molar-refractivity contribution in [2.75, 3.05) is 11.9 Å². The zero-order chi connectivity index (χ0) is 14.7.